The summed E-state index contributed by atoms with van der Waals surface area (Å²) in [6.45, 7) is 0. The van der Waals surface area contributed by atoms with Gasteiger partial charge in [-0.2, -0.15) is 13.2 Å². The Labute approximate surface area is 158 Å². The van der Waals surface area contributed by atoms with Crippen LogP contribution in [-0.4, -0.2) is 32.6 Å². The zero-order valence-corrected chi connectivity index (χ0v) is 14.7. The Kier molecular flexibility index (Phi) is 4.58. The lowest BCUT2D eigenvalue weighted by Gasteiger charge is -2.16. The molecule has 0 amide bonds. The SMILES string of the molecule is Oc1cc(C(F)(F)F)ccc1-c1nnc(N[C@@H]2CC[C@H](O)C2)c2ccccc12. The van der Waals surface area contributed by atoms with Crippen molar-refractivity contribution in [2.24, 2.45) is 0 Å². The molecule has 1 aliphatic rings. The maximum absolute atomic E-state index is 12.9. The van der Waals surface area contributed by atoms with Gasteiger partial charge in [-0.15, -0.1) is 10.2 Å². The molecule has 1 aromatic heterocycles. The van der Waals surface area contributed by atoms with E-state index < -0.39 is 17.5 Å². The van der Waals surface area contributed by atoms with Gasteiger partial charge in [0.25, 0.3) is 0 Å². The average Bonchev–Trinajstić information content (AvgIpc) is 3.06. The van der Waals surface area contributed by atoms with Crippen LogP contribution in [-0.2, 0) is 6.18 Å². The van der Waals surface area contributed by atoms with Crippen molar-refractivity contribution in [2.75, 3.05) is 5.32 Å². The monoisotopic (exact) mass is 389 g/mol. The maximum Gasteiger partial charge on any atom is 0.416 e. The van der Waals surface area contributed by atoms with Gasteiger partial charge in [0.2, 0.25) is 0 Å². The highest BCUT2D eigenvalue weighted by atomic mass is 19.4. The molecule has 1 saturated carbocycles. The van der Waals surface area contributed by atoms with E-state index >= 15 is 0 Å². The number of nitrogens with one attached hydrogen (secondary N) is 1. The van der Waals surface area contributed by atoms with Gasteiger partial charge in [0.05, 0.1) is 11.7 Å². The van der Waals surface area contributed by atoms with E-state index in [-0.39, 0.29) is 17.7 Å². The third-order valence-corrected chi connectivity index (χ3v) is 5.01. The minimum Gasteiger partial charge on any atom is -0.507 e. The molecule has 1 aliphatic carbocycles. The van der Waals surface area contributed by atoms with Crippen molar-refractivity contribution in [3.63, 3.8) is 0 Å². The van der Waals surface area contributed by atoms with Crippen molar-refractivity contribution in [3.8, 4) is 17.0 Å². The number of aromatic hydroxyl groups is 1. The van der Waals surface area contributed by atoms with E-state index in [0.29, 0.717) is 29.4 Å². The summed E-state index contributed by atoms with van der Waals surface area (Å²) in [6.07, 6.45) is -2.71. The largest absolute Gasteiger partial charge is 0.507 e. The summed E-state index contributed by atoms with van der Waals surface area (Å²) in [5.41, 5.74) is -0.442. The zero-order chi connectivity index (χ0) is 19.9. The molecular weight excluding hydrogens is 371 g/mol. The number of aliphatic hydroxyl groups excluding tert-OH is 1. The lowest BCUT2D eigenvalue weighted by molar-refractivity contribution is -0.137. The Morgan fingerprint density at radius 2 is 1.75 bits per heavy atom. The van der Waals surface area contributed by atoms with E-state index in [4.69, 9.17) is 0 Å². The number of phenols is 1. The lowest BCUT2D eigenvalue weighted by atomic mass is 10.0. The number of rotatable bonds is 3. The predicted octanol–water partition coefficient (Wildman–Crippen LogP) is 4.35. The molecule has 1 fully saturated rings. The summed E-state index contributed by atoms with van der Waals surface area (Å²) >= 11 is 0. The fourth-order valence-electron chi connectivity index (χ4n) is 3.60. The van der Waals surface area contributed by atoms with Gasteiger partial charge in [0.15, 0.2) is 5.82 Å². The first kappa shape index (κ1) is 18.5. The Bertz CT molecular complexity index is 1020. The second kappa shape index (κ2) is 6.94. The number of alkyl halides is 3. The van der Waals surface area contributed by atoms with Crippen LogP contribution in [0.3, 0.4) is 0 Å². The Hall–Kier alpha value is -2.87. The van der Waals surface area contributed by atoms with Crippen LogP contribution in [0.1, 0.15) is 24.8 Å². The second-order valence-electron chi connectivity index (χ2n) is 6.98. The lowest BCUT2D eigenvalue weighted by Crippen LogP contribution is -2.18. The third-order valence-electron chi connectivity index (χ3n) is 5.01. The number of fused-ring (bicyclic) bond motifs is 1. The van der Waals surface area contributed by atoms with Crippen molar-refractivity contribution in [1.82, 2.24) is 10.2 Å². The fraction of sp³-hybridized carbons (Fsp3) is 0.300. The number of aliphatic hydroxyl groups is 1. The smallest absolute Gasteiger partial charge is 0.416 e. The summed E-state index contributed by atoms with van der Waals surface area (Å²) in [4.78, 5) is 0. The topological polar surface area (TPSA) is 78.3 Å². The van der Waals surface area contributed by atoms with Crippen LogP contribution < -0.4 is 5.32 Å². The van der Waals surface area contributed by atoms with E-state index in [9.17, 15) is 23.4 Å². The van der Waals surface area contributed by atoms with Gasteiger partial charge in [-0.3, -0.25) is 0 Å². The second-order valence-corrected chi connectivity index (χ2v) is 6.98. The first-order valence-electron chi connectivity index (χ1n) is 8.93. The summed E-state index contributed by atoms with van der Waals surface area (Å²) in [5.74, 6) is 0.0405. The maximum atomic E-state index is 12.9. The highest BCUT2D eigenvalue weighted by Gasteiger charge is 2.31. The molecular formula is C20H18F3N3O2. The molecule has 0 saturated heterocycles. The first-order valence-corrected chi connectivity index (χ1v) is 8.93. The van der Waals surface area contributed by atoms with Gasteiger partial charge in [-0.1, -0.05) is 24.3 Å². The van der Waals surface area contributed by atoms with Crippen molar-refractivity contribution in [1.29, 1.82) is 0 Å². The standard InChI is InChI=1S/C20H18F3N3O2/c21-20(22,23)11-5-8-16(17(28)9-11)18-14-3-1-2-4-15(14)19(26-25-18)24-12-6-7-13(27)10-12/h1-5,8-9,12-13,27-28H,6-7,10H2,(H,24,26)/t12-,13+/m1/s1. The van der Waals surface area contributed by atoms with E-state index in [1.54, 1.807) is 12.1 Å². The quantitative estimate of drug-likeness (QED) is 0.621. The molecule has 3 aromatic rings. The third kappa shape index (κ3) is 3.47. The minimum absolute atomic E-state index is 0.0815. The fourth-order valence-corrected chi connectivity index (χ4v) is 3.60. The molecule has 5 nitrogen and oxygen atoms in total. The van der Waals surface area contributed by atoms with E-state index in [2.05, 4.69) is 15.5 Å². The van der Waals surface area contributed by atoms with E-state index in [0.717, 1.165) is 24.3 Å². The summed E-state index contributed by atoms with van der Waals surface area (Å²) < 4.78 is 38.6. The summed E-state index contributed by atoms with van der Waals surface area (Å²) in [6, 6.07) is 10.1. The average molecular weight is 389 g/mol. The predicted molar refractivity (Wildman–Crippen MR) is 98.9 cm³/mol. The molecule has 0 bridgehead atoms. The van der Waals surface area contributed by atoms with Crippen LogP contribution in [0.4, 0.5) is 19.0 Å². The molecule has 8 heteroatoms. The number of aromatic nitrogens is 2. The van der Waals surface area contributed by atoms with E-state index in [1.807, 2.05) is 12.1 Å². The highest BCUT2D eigenvalue weighted by Crippen LogP contribution is 2.39. The molecule has 2 atom stereocenters. The molecule has 0 radical (unpaired) electrons. The molecule has 0 spiro atoms. The number of hydrogen-bond acceptors (Lipinski definition) is 5. The first-order chi connectivity index (χ1) is 13.3. The summed E-state index contributed by atoms with van der Waals surface area (Å²) in [7, 11) is 0. The van der Waals surface area contributed by atoms with Crippen LogP contribution in [0.25, 0.3) is 22.0 Å². The van der Waals surface area contributed by atoms with Crippen molar-refractivity contribution in [2.45, 2.75) is 37.6 Å². The van der Waals surface area contributed by atoms with Crippen LogP contribution in [0.2, 0.25) is 0 Å². The molecule has 28 heavy (non-hydrogen) atoms. The van der Waals surface area contributed by atoms with Crippen LogP contribution in [0.15, 0.2) is 42.5 Å². The Morgan fingerprint density at radius 3 is 2.39 bits per heavy atom. The van der Waals surface area contributed by atoms with Gasteiger partial charge in [0, 0.05) is 22.4 Å². The molecule has 0 aliphatic heterocycles. The van der Waals surface area contributed by atoms with Gasteiger partial charge >= 0.3 is 6.18 Å². The number of halogens is 3. The summed E-state index contributed by atoms with van der Waals surface area (Å²) in [5, 5.41) is 33.0. The van der Waals surface area contributed by atoms with Gasteiger partial charge in [0.1, 0.15) is 11.4 Å². The molecule has 2 aromatic carbocycles. The molecule has 146 valence electrons. The van der Waals surface area contributed by atoms with Crippen LogP contribution in [0, 0.1) is 0 Å². The van der Waals surface area contributed by atoms with Gasteiger partial charge in [-0.05, 0) is 37.5 Å². The highest BCUT2D eigenvalue weighted by molar-refractivity contribution is 6.00. The number of nitrogens with zero attached hydrogens (tertiary/aromatic N) is 2. The van der Waals surface area contributed by atoms with Crippen molar-refractivity contribution in [3.05, 3.63) is 48.0 Å². The van der Waals surface area contributed by atoms with Crippen molar-refractivity contribution >= 4 is 16.6 Å². The molecule has 4 rings (SSSR count). The number of benzene rings is 2. The number of hydrogen-bond donors (Lipinski definition) is 3. The van der Waals surface area contributed by atoms with Crippen molar-refractivity contribution < 1.29 is 23.4 Å². The van der Waals surface area contributed by atoms with Gasteiger partial charge < -0.3 is 15.5 Å². The normalized spacial score (nSPS) is 19.9. The number of anilines is 1. The molecule has 3 N–H and O–H groups in total. The minimum atomic E-state index is -4.54. The molecule has 1 heterocycles. The number of phenolic OH excluding ortho intramolecular Hbond substituents is 1. The van der Waals surface area contributed by atoms with Gasteiger partial charge in [-0.25, -0.2) is 0 Å². The van der Waals surface area contributed by atoms with E-state index in [1.165, 1.54) is 6.07 Å². The van der Waals surface area contributed by atoms with Crippen LogP contribution >= 0.6 is 0 Å². The molecule has 0 unspecified atom stereocenters. The zero-order valence-electron chi connectivity index (χ0n) is 14.7. The Balaban J connectivity index is 1.76. The Morgan fingerprint density at radius 1 is 1.00 bits per heavy atom. The van der Waals surface area contributed by atoms with Crippen LogP contribution in [0.5, 0.6) is 5.75 Å².